The van der Waals surface area contributed by atoms with E-state index in [4.69, 9.17) is 5.73 Å². The number of rotatable bonds is 5. The van der Waals surface area contributed by atoms with E-state index in [0.29, 0.717) is 5.69 Å². The zero-order valence-corrected chi connectivity index (χ0v) is 11.9. The second-order valence-electron chi connectivity index (χ2n) is 5.02. The molecule has 2 aromatic rings. The number of anilines is 1. The minimum Gasteiger partial charge on any atom is -0.508 e. The Morgan fingerprint density at radius 3 is 2.71 bits per heavy atom. The van der Waals surface area contributed by atoms with Crippen molar-refractivity contribution in [1.29, 1.82) is 0 Å². The molecule has 0 spiro atoms. The van der Waals surface area contributed by atoms with Crippen molar-refractivity contribution in [2.75, 3.05) is 5.73 Å². The molecule has 0 saturated heterocycles. The number of hydrogen-bond donors (Lipinski definition) is 3. The summed E-state index contributed by atoms with van der Waals surface area (Å²) < 4.78 is 0. The Morgan fingerprint density at radius 1 is 1.33 bits per heavy atom. The third kappa shape index (κ3) is 4.21. The van der Waals surface area contributed by atoms with Gasteiger partial charge in [0, 0.05) is 12.2 Å². The summed E-state index contributed by atoms with van der Waals surface area (Å²) in [5.74, 6) is -0.00275. The van der Waals surface area contributed by atoms with Crippen molar-refractivity contribution in [3.63, 3.8) is 0 Å². The fourth-order valence-electron chi connectivity index (χ4n) is 2.02. The van der Waals surface area contributed by atoms with Crippen LogP contribution in [0.25, 0.3) is 0 Å². The number of phenols is 1. The Hall–Kier alpha value is -2.56. The molecular formula is C16H19N3O2. The maximum atomic E-state index is 12.0. The smallest absolute Gasteiger partial charge is 0.272 e. The molecule has 0 saturated carbocycles. The summed E-state index contributed by atoms with van der Waals surface area (Å²) >= 11 is 0. The van der Waals surface area contributed by atoms with E-state index in [1.807, 2.05) is 19.1 Å². The maximum absolute atomic E-state index is 12.0. The van der Waals surface area contributed by atoms with Crippen LogP contribution in [0.2, 0.25) is 0 Å². The first-order chi connectivity index (χ1) is 10.1. The maximum Gasteiger partial charge on any atom is 0.272 e. The minimum atomic E-state index is -0.258. The van der Waals surface area contributed by atoms with Crippen LogP contribution in [0.15, 0.2) is 42.6 Å². The molecule has 0 radical (unpaired) electrons. The Morgan fingerprint density at radius 2 is 2.05 bits per heavy atom. The molecule has 0 aliphatic carbocycles. The number of nitrogen functional groups attached to an aromatic ring is 1. The number of phenolic OH excluding ortho intramolecular Hbond substituents is 1. The van der Waals surface area contributed by atoms with E-state index < -0.39 is 0 Å². The highest BCUT2D eigenvalue weighted by Gasteiger charge is 2.13. The summed E-state index contributed by atoms with van der Waals surface area (Å²) in [6, 6.07) is 10.4. The van der Waals surface area contributed by atoms with Crippen molar-refractivity contribution in [3.05, 3.63) is 53.9 Å². The van der Waals surface area contributed by atoms with Crippen LogP contribution in [0.5, 0.6) is 5.75 Å². The number of hydrogen-bond acceptors (Lipinski definition) is 4. The monoisotopic (exact) mass is 285 g/mol. The van der Waals surface area contributed by atoms with Gasteiger partial charge in [0.2, 0.25) is 0 Å². The molecule has 5 heteroatoms. The largest absolute Gasteiger partial charge is 0.508 e. The third-order valence-corrected chi connectivity index (χ3v) is 3.23. The number of amides is 1. The van der Waals surface area contributed by atoms with Crippen molar-refractivity contribution < 1.29 is 9.90 Å². The highest BCUT2D eigenvalue weighted by Crippen LogP contribution is 2.12. The van der Waals surface area contributed by atoms with E-state index in [1.54, 1.807) is 30.5 Å². The molecule has 0 aliphatic heterocycles. The molecule has 1 atom stereocenters. The highest BCUT2D eigenvalue weighted by atomic mass is 16.3. The number of carbonyl (C=O) groups excluding carboxylic acids is 1. The van der Waals surface area contributed by atoms with Gasteiger partial charge in [0.05, 0.1) is 5.69 Å². The lowest BCUT2D eigenvalue weighted by molar-refractivity contribution is 0.0934. The Balaban J connectivity index is 1.87. The molecule has 0 bridgehead atoms. The molecule has 21 heavy (non-hydrogen) atoms. The molecule has 1 amide bonds. The number of aryl methyl sites for hydroxylation is 1. The Labute approximate surface area is 123 Å². The second-order valence-corrected chi connectivity index (χ2v) is 5.02. The quantitative estimate of drug-likeness (QED) is 0.785. The second kappa shape index (κ2) is 6.74. The van der Waals surface area contributed by atoms with Gasteiger partial charge in [-0.1, -0.05) is 12.1 Å². The van der Waals surface area contributed by atoms with E-state index >= 15 is 0 Å². The fourth-order valence-corrected chi connectivity index (χ4v) is 2.02. The molecule has 2 rings (SSSR count). The van der Waals surface area contributed by atoms with Gasteiger partial charge in [-0.25, -0.2) is 4.98 Å². The van der Waals surface area contributed by atoms with Crippen molar-refractivity contribution >= 4 is 11.6 Å². The van der Waals surface area contributed by atoms with Crippen molar-refractivity contribution in [2.45, 2.75) is 25.8 Å². The van der Waals surface area contributed by atoms with Crippen LogP contribution in [0.1, 0.15) is 29.4 Å². The average Bonchev–Trinajstić information content (AvgIpc) is 2.47. The van der Waals surface area contributed by atoms with Gasteiger partial charge >= 0.3 is 0 Å². The number of pyridine rings is 1. The van der Waals surface area contributed by atoms with Crippen molar-refractivity contribution in [2.24, 2.45) is 0 Å². The summed E-state index contributed by atoms with van der Waals surface area (Å²) in [5.41, 5.74) is 7.48. The standard InChI is InChI=1S/C16H19N3O2/c1-11(4-5-12-6-8-13(20)9-7-12)19-16(21)15-14(17)3-2-10-18-15/h2-3,6-11,20H,4-5,17H2,1H3,(H,19,21). The van der Waals surface area contributed by atoms with E-state index in [-0.39, 0.29) is 23.4 Å². The minimum absolute atomic E-state index is 0.00714. The summed E-state index contributed by atoms with van der Waals surface area (Å²) in [4.78, 5) is 16.0. The number of nitrogens with two attached hydrogens (primary N) is 1. The van der Waals surface area contributed by atoms with Gasteiger partial charge in [-0.3, -0.25) is 4.79 Å². The van der Waals surface area contributed by atoms with E-state index in [0.717, 1.165) is 18.4 Å². The van der Waals surface area contributed by atoms with Gasteiger partial charge in [-0.15, -0.1) is 0 Å². The van der Waals surface area contributed by atoms with Gasteiger partial charge in [-0.05, 0) is 49.6 Å². The van der Waals surface area contributed by atoms with Crippen LogP contribution < -0.4 is 11.1 Å². The number of aromatic nitrogens is 1. The molecule has 1 aromatic carbocycles. The van der Waals surface area contributed by atoms with Gasteiger partial charge in [0.1, 0.15) is 5.75 Å². The lowest BCUT2D eigenvalue weighted by Gasteiger charge is -2.14. The van der Waals surface area contributed by atoms with E-state index in [1.165, 1.54) is 0 Å². The first-order valence-electron chi connectivity index (χ1n) is 6.85. The molecule has 0 fully saturated rings. The van der Waals surface area contributed by atoms with Gasteiger partial charge in [0.15, 0.2) is 5.69 Å². The Kier molecular flexibility index (Phi) is 4.77. The van der Waals surface area contributed by atoms with Crippen molar-refractivity contribution in [3.8, 4) is 5.75 Å². The molecule has 1 heterocycles. The molecule has 4 N–H and O–H groups in total. The SMILES string of the molecule is CC(CCc1ccc(O)cc1)NC(=O)c1ncccc1N. The highest BCUT2D eigenvalue weighted by molar-refractivity contribution is 5.97. The lowest BCUT2D eigenvalue weighted by atomic mass is 10.1. The number of carbonyl (C=O) groups is 1. The summed E-state index contributed by atoms with van der Waals surface area (Å²) in [7, 11) is 0. The van der Waals surface area contributed by atoms with Gasteiger partial charge < -0.3 is 16.2 Å². The lowest BCUT2D eigenvalue weighted by Crippen LogP contribution is -2.33. The first-order valence-corrected chi connectivity index (χ1v) is 6.85. The fraction of sp³-hybridized carbons (Fsp3) is 0.250. The normalized spacial score (nSPS) is 11.9. The van der Waals surface area contributed by atoms with Crippen LogP contribution in [-0.4, -0.2) is 22.0 Å². The topological polar surface area (TPSA) is 88.2 Å². The van der Waals surface area contributed by atoms with Crippen LogP contribution in [0.3, 0.4) is 0 Å². The molecule has 0 aliphatic rings. The van der Waals surface area contributed by atoms with Gasteiger partial charge in [0.25, 0.3) is 5.91 Å². The average molecular weight is 285 g/mol. The van der Waals surface area contributed by atoms with E-state index in [9.17, 15) is 9.90 Å². The predicted octanol–water partition coefficient (Wildman–Crippen LogP) is 2.12. The zero-order chi connectivity index (χ0) is 15.2. The van der Waals surface area contributed by atoms with E-state index in [2.05, 4.69) is 10.3 Å². The molecule has 1 aromatic heterocycles. The van der Waals surface area contributed by atoms with Crippen LogP contribution in [0.4, 0.5) is 5.69 Å². The van der Waals surface area contributed by atoms with Crippen molar-refractivity contribution in [1.82, 2.24) is 10.3 Å². The van der Waals surface area contributed by atoms with Crippen LogP contribution >= 0.6 is 0 Å². The Bertz CT molecular complexity index is 611. The number of nitrogens with one attached hydrogen (secondary N) is 1. The number of benzene rings is 1. The first kappa shape index (κ1) is 14.8. The predicted molar refractivity (Wildman–Crippen MR) is 82.0 cm³/mol. The molecule has 5 nitrogen and oxygen atoms in total. The number of aromatic hydroxyl groups is 1. The molecule has 110 valence electrons. The summed E-state index contributed by atoms with van der Waals surface area (Å²) in [6.45, 7) is 1.94. The summed E-state index contributed by atoms with van der Waals surface area (Å²) in [5, 5.41) is 12.1. The third-order valence-electron chi connectivity index (χ3n) is 3.23. The van der Waals surface area contributed by atoms with Crippen LogP contribution in [0, 0.1) is 0 Å². The van der Waals surface area contributed by atoms with Gasteiger partial charge in [-0.2, -0.15) is 0 Å². The zero-order valence-electron chi connectivity index (χ0n) is 11.9. The summed E-state index contributed by atoms with van der Waals surface area (Å²) in [6.07, 6.45) is 3.16. The molecular weight excluding hydrogens is 266 g/mol. The molecule has 1 unspecified atom stereocenters. The number of nitrogens with zero attached hydrogens (tertiary/aromatic N) is 1. The van der Waals surface area contributed by atoms with Crippen LogP contribution in [-0.2, 0) is 6.42 Å².